The van der Waals surface area contributed by atoms with Crippen molar-refractivity contribution in [2.75, 3.05) is 0 Å². The second-order valence-electron chi connectivity index (χ2n) is 17.1. The van der Waals surface area contributed by atoms with Crippen LogP contribution in [0.2, 0.25) is 0 Å². The molecule has 0 saturated heterocycles. The summed E-state index contributed by atoms with van der Waals surface area (Å²) in [6.07, 6.45) is 0. The van der Waals surface area contributed by atoms with Crippen LogP contribution in [0, 0.1) is 0 Å². The molecule has 0 fully saturated rings. The van der Waals surface area contributed by atoms with Gasteiger partial charge in [0.1, 0.15) is 11.2 Å². The Hall–Kier alpha value is -8.93. The lowest BCUT2D eigenvalue weighted by Crippen LogP contribution is -2.02. The molecule has 3 heterocycles. The summed E-state index contributed by atoms with van der Waals surface area (Å²) in [5, 5.41) is 13.8. The number of para-hydroxylation sites is 1. The van der Waals surface area contributed by atoms with Crippen molar-refractivity contribution in [3.63, 3.8) is 0 Å². The predicted octanol–water partition coefficient (Wildman–Crippen LogP) is 16.1. The number of furan rings is 1. The van der Waals surface area contributed by atoms with E-state index in [9.17, 15) is 0 Å². The van der Waals surface area contributed by atoms with Crippen molar-refractivity contribution >= 4 is 86.8 Å². The fraction of sp³-hybridized carbons (Fsp3) is 0. The van der Waals surface area contributed by atoms with E-state index in [1.54, 1.807) is 0 Å². The van der Waals surface area contributed by atoms with Gasteiger partial charge in [-0.1, -0.05) is 170 Å². The van der Waals surface area contributed by atoms with Gasteiger partial charge in [-0.3, -0.25) is 0 Å². The largest absolute Gasteiger partial charge is 0.455 e. The summed E-state index contributed by atoms with van der Waals surface area (Å²) in [5.41, 5.74) is 9.78. The highest BCUT2D eigenvalue weighted by atomic mass is 16.3. The molecule has 0 radical (unpaired) electrons. The third-order valence-electron chi connectivity index (χ3n) is 13.4. The molecule has 0 aliphatic rings. The Kier molecular flexibility index (Phi) is 7.91. The van der Waals surface area contributed by atoms with Crippen molar-refractivity contribution in [3.8, 4) is 51.0 Å². The van der Waals surface area contributed by atoms with Crippen LogP contribution in [0.3, 0.4) is 0 Å². The highest BCUT2D eigenvalue weighted by Gasteiger charge is 2.23. The zero-order valence-electron chi connectivity index (χ0n) is 35.5. The topological polar surface area (TPSA) is 56.7 Å². The Labute approximate surface area is 378 Å². The lowest BCUT2D eigenvalue weighted by atomic mass is 9.93. The smallest absolute Gasteiger partial charge is 0.164 e. The van der Waals surface area contributed by atoms with Crippen LogP contribution in [0.4, 0.5) is 0 Å². The van der Waals surface area contributed by atoms with Crippen LogP contribution >= 0.6 is 0 Å². The second-order valence-corrected chi connectivity index (χ2v) is 17.1. The number of fused-ring (bicyclic) bond motifs is 12. The maximum absolute atomic E-state index is 6.81. The van der Waals surface area contributed by atoms with Gasteiger partial charge in [0.05, 0.1) is 11.0 Å². The summed E-state index contributed by atoms with van der Waals surface area (Å²) >= 11 is 0. The molecule has 0 atom stereocenters. The first-order chi connectivity index (χ1) is 32.7. The standard InChI is InChI=1S/C61H36N4O/c1-2-16-39(17-3-1)59-62-60(49-25-12-23-45-43-20-8-6-14-37(43)28-31-46(45)49)64-61(63-59)50-33-30-42(65-54-26-11-10-22-47(54)53-34-40-18-4-5-19-41(40)35-55(53)65)36-52(50)48-24-13-27-56-57(48)51-32-29-38-15-7-9-21-44(38)58(51)66-56/h1-36H. The monoisotopic (exact) mass is 840 g/mol. The van der Waals surface area contributed by atoms with E-state index in [-0.39, 0.29) is 0 Å². The van der Waals surface area contributed by atoms with E-state index >= 15 is 0 Å². The zero-order valence-corrected chi connectivity index (χ0v) is 35.5. The third kappa shape index (κ3) is 5.57. The maximum atomic E-state index is 6.81. The normalized spacial score (nSPS) is 11.9. The van der Waals surface area contributed by atoms with Gasteiger partial charge < -0.3 is 8.98 Å². The average molecular weight is 841 g/mol. The molecular formula is C61H36N4O. The van der Waals surface area contributed by atoms with Crippen molar-refractivity contribution in [1.82, 2.24) is 19.5 Å². The molecule has 66 heavy (non-hydrogen) atoms. The highest BCUT2D eigenvalue weighted by molar-refractivity contribution is 6.20. The van der Waals surface area contributed by atoms with E-state index in [0.717, 1.165) is 88.0 Å². The summed E-state index contributed by atoms with van der Waals surface area (Å²) in [4.78, 5) is 16.1. The molecule has 5 heteroatoms. The third-order valence-corrected chi connectivity index (χ3v) is 13.4. The fourth-order valence-electron chi connectivity index (χ4n) is 10.4. The molecule has 11 aromatic carbocycles. The summed E-state index contributed by atoms with van der Waals surface area (Å²) < 4.78 is 9.21. The Balaban J connectivity index is 1.08. The average Bonchev–Trinajstić information content (AvgIpc) is 3.93. The second kappa shape index (κ2) is 14.3. The Morgan fingerprint density at radius 3 is 1.77 bits per heavy atom. The summed E-state index contributed by atoms with van der Waals surface area (Å²) in [6.45, 7) is 0. The van der Waals surface area contributed by atoms with Crippen LogP contribution < -0.4 is 0 Å². The minimum Gasteiger partial charge on any atom is -0.455 e. The molecule has 0 amide bonds. The van der Waals surface area contributed by atoms with Crippen molar-refractivity contribution in [1.29, 1.82) is 0 Å². The minimum atomic E-state index is 0.585. The quantitative estimate of drug-likeness (QED) is 0.162. The first-order valence-electron chi connectivity index (χ1n) is 22.3. The van der Waals surface area contributed by atoms with Crippen molar-refractivity contribution in [3.05, 3.63) is 218 Å². The molecule has 5 nitrogen and oxygen atoms in total. The van der Waals surface area contributed by atoms with E-state index in [4.69, 9.17) is 19.4 Å². The van der Waals surface area contributed by atoms with Gasteiger partial charge in [0.15, 0.2) is 17.5 Å². The lowest BCUT2D eigenvalue weighted by Gasteiger charge is -2.16. The number of nitrogens with zero attached hydrogens (tertiary/aromatic N) is 4. The van der Waals surface area contributed by atoms with Crippen LogP contribution in [0.1, 0.15) is 0 Å². The molecule has 0 aliphatic carbocycles. The van der Waals surface area contributed by atoms with E-state index in [1.807, 2.05) is 18.2 Å². The Morgan fingerprint density at radius 1 is 0.318 bits per heavy atom. The van der Waals surface area contributed by atoms with Crippen LogP contribution in [-0.4, -0.2) is 19.5 Å². The van der Waals surface area contributed by atoms with Crippen molar-refractivity contribution < 1.29 is 4.42 Å². The van der Waals surface area contributed by atoms with Crippen LogP contribution in [0.25, 0.3) is 138 Å². The summed E-state index contributed by atoms with van der Waals surface area (Å²) in [6, 6.07) is 77.5. The molecule has 0 N–H and O–H groups in total. The van der Waals surface area contributed by atoms with Gasteiger partial charge in [-0.05, 0) is 97.4 Å². The molecule has 306 valence electrons. The number of hydrogen-bond donors (Lipinski definition) is 0. The molecule has 0 aliphatic heterocycles. The SMILES string of the molecule is c1ccc(-c2nc(-c3ccc(-n4c5ccccc5c5cc6ccccc6cc54)cc3-c3cccc4oc5c6ccccc6ccc5c34)nc(-c3cccc4c3ccc3ccccc34)n2)cc1. The molecule has 0 bridgehead atoms. The lowest BCUT2D eigenvalue weighted by molar-refractivity contribution is 0.673. The summed E-state index contributed by atoms with van der Waals surface area (Å²) in [7, 11) is 0. The number of rotatable bonds is 5. The molecule has 3 aromatic heterocycles. The molecule has 0 unspecified atom stereocenters. The van der Waals surface area contributed by atoms with Crippen molar-refractivity contribution in [2.24, 2.45) is 0 Å². The highest BCUT2D eigenvalue weighted by Crippen LogP contribution is 2.44. The molecule has 0 saturated carbocycles. The predicted molar refractivity (Wildman–Crippen MR) is 273 cm³/mol. The number of benzene rings is 11. The Morgan fingerprint density at radius 2 is 0.939 bits per heavy atom. The maximum Gasteiger partial charge on any atom is 0.164 e. The first-order valence-corrected chi connectivity index (χ1v) is 22.3. The van der Waals surface area contributed by atoms with Crippen LogP contribution in [0.5, 0.6) is 0 Å². The van der Waals surface area contributed by atoms with Gasteiger partial charge in [0.25, 0.3) is 0 Å². The number of aromatic nitrogens is 4. The van der Waals surface area contributed by atoms with Crippen molar-refractivity contribution in [2.45, 2.75) is 0 Å². The first kappa shape index (κ1) is 36.5. The Bertz CT molecular complexity index is 4300. The van der Waals surface area contributed by atoms with E-state index in [0.29, 0.717) is 17.5 Å². The van der Waals surface area contributed by atoms with Gasteiger partial charge in [-0.15, -0.1) is 0 Å². The van der Waals surface area contributed by atoms with Crippen LogP contribution in [-0.2, 0) is 0 Å². The number of hydrogen-bond acceptors (Lipinski definition) is 4. The molecule has 0 spiro atoms. The van der Waals surface area contributed by atoms with Crippen LogP contribution in [0.15, 0.2) is 223 Å². The van der Waals surface area contributed by atoms with Gasteiger partial charge in [-0.2, -0.15) is 0 Å². The molecule has 14 rings (SSSR count). The van der Waals surface area contributed by atoms with E-state index in [1.165, 1.54) is 32.3 Å². The summed E-state index contributed by atoms with van der Waals surface area (Å²) in [5.74, 6) is 1.81. The van der Waals surface area contributed by atoms with Gasteiger partial charge in [0, 0.05) is 49.3 Å². The van der Waals surface area contributed by atoms with E-state index in [2.05, 4.69) is 205 Å². The van der Waals surface area contributed by atoms with Gasteiger partial charge >= 0.3 is 0 Å². The molecule has 14 aromatic rings. The van der Waals surface area contributed by atoms with Gasteiger partial charge in [-0.25, -0.2) is 15.0 Å². The van der Waals surface area contributed by atoms with E-state index < -0.39 is 0 Å². The zero-order chi connectivity index (χ0) is 43.3. The fourth-order valence-corrected chi connectivity index (χ4v) is 10.4. The minimum absolute atomic E-state index is 0.585. The molecular weight excluding hydrogens is 805 g/mol. The van der Waals surface area contributed by atoms with Gasteiger partial charge in [0.2, 0.25) is 0 Å².